The number of Topliss-reactive ketones (excluding diaryl/α,β-unsaturated/α-hetero) is 1. The third kappa shape index (κ3) is 9.69. The Hall–Kier alpha value is -3.14. The van der Waals surface area contributed by atoms with E-state index in [0.717, 1.165) is 76.2 Å². The van der Waals surface area contributed by atoms with Gasteiger partial charge >= 0.3 is 6.09 Å². The molecule has 10 nitrogen and oxygen atoms in total. The number of hydrogen-bond donors (Lipinski definition) is 4. The molecule has 4 amide bonds. The van der Waals surface area contributed by atoms with Crippen LogP contribution in [-0.4, -0.2) is 59.4 Å². The molecule has 5 atom stereocenters. The molecule has 3 saturated carbocycles. The lowest BCUT2D eigenvalue weighted by molar-refractivity contribution is -0.141. The van der Waals surface area contributed by atoms with Crippen molar-refractivity contribution in [3.63, 3.8) is 0 Å². The average molecular weight is 657 g/mol. The van der Waals surface area contributed by atoms with Gasteiger partial charge in [-0.1, -0.05) is 55.8 Å². The van der Waals surface area contributed by atoms with E-state index < -0.39 is 47.2 Å². The number of ether oxygens (including phenoxy) is 1. The van der Waals surface area contributed by atoms with Gasteiger partial charge in [-0.3, -0.25) is 19.2 Å². The van der Waals surface area contributed by atoms with Crippen LogP contribution in [0, 0.1) is 17.8 Å². The Balaban J connectivity index is 1.27. The lowest BCUT2D eigenvalue weighted by atomic mass is 9.84. The molecule has 0 aromatic heterocycles. The Bertz CT molecular complexity index is 1290. The second-order valence-electron chi connectivity index (χ2n) is 14.6. The minimum Gasteiger partial charge on any atom is -0.446 e. The van der Waals surface area contributed by atoms with Crippen LogP contribution in [-0.2, 0) is 30.3 Å². The van der Waals surface area contributed by atoms with Crippen molar-refractivity contribution < 1.29 is 28.7 Å². The van der Waals surface area contributed by atoms with Gasteiger partial charge in [-0.25, -0.2) is 4.79 Å². The molecule has 1 saturated heterocycles. The van der Waals surface area contributed by atoms with Crippen molar-refractivity contribution in [2.45, 2.75) is 134 Å². The van der Waals surface area contributed by atoms with Gasteiger partial charge < -0.3 is 26.0 Å². The summed E-state index contributed by atoms with van der Waals surface area (Å²) < 4.78 is 5.94. The van der Waals surface area contributed by atoms with E-state index in [1.165, 1.54) is 0 Å². The van der Waals surface area contributed by atoms with Crippen molar-refractivity contribution in [2.24, 2.45) is 17.8 Å². The number of benzene rings is 1. The molecule has 3 unspecified atom stereocenters. The van der Waals surface area contributed by atoms with Crippen molar-refractivity contribution >= 4 is 41.2 Å². The topological polar surface area (TPSA) is 143 Å². The summed E-state index contributed by atoms with van der Waals surface area (Å²) in [5, 5.41) is 11.9. The second-order valence-corrected chi connectivity index (χ2v) is 15.0. The summed E-state index contributed by atoms with van der Waals surface area (Å²) in [6, 6.07) is 5.52. The second kappa shape index (κ2) is 15.2. The molecule has 1 aromatic carbocycles. The number of hydrogen-bond acceptors (Lipinski definition) is 6. The first kappa shape index (κ1) is 34.2. The van der Waals surface area contributed by atoms with E-state index in [4.69, 9.17) is 16.3 Å². The molecule has 3 aliphatic carbocycles. The first-order chi connectivity index (χ1) is 22.0. The van der Waals surface area contributed by atoms with Crippen LogP contribution in [0.25, 0.3) is 0 Å². The van der Waals surface area contributed by atoms with Gasteiger partial charge in [-0.05, 0) is 95.2 Å². The van der Waals surface area contributed by atoms with Gasteiger partial charge in [0.1, 0.15) is 12.1 Å². The van der Waals surface area contributed by atoms with Gasteiger partial charge in [0.2, 0.25) is 17.6 Å². The number of ketones is 1. The van der Waals surface area contributed by atoms with Crippen LogP contribution in [0.2, 0.25) is 5.02 Å². The number of halogens is 1. The maximum Gasteiger partial charge on any atom is 0.408 e. The van der Waals surface area contributed by atoms with Crippen molar-refractivity contribution in [3.05, 3.63) is 34.9 Å². The standard InChI is InChI=1S/C35H49ClN4O6/c1-35(2)20-24(31(42)40-35)19-27(30(41)33(44)37-26-14-15-26)38-32(43)28(18-21-8-4-3-5-9-21)39-34(45)46-29-13-7-11-23(29)16-22-10-6-12-25(36)17-22/h6,10,12,17,21,23-24,26-29H,3-5,7-9,11,13-16,18-20H2,1-2H3,(H,37,44)(H,38,43)(H,39,45)(H,40,42)/t23?,24?,27-,28-,29?/m0/s1. The average Bonchev–Trinajstić information content (AvgIpc) is 3.65. The summed E-state index contributed by atoms with van der Waals surface area (Å²) >= 11 is 6.19. The molecule has 0 spiro atoms. The van der Waals surface area contributed by atoms with Crippen LogP contribution < -0.4 is 21.3 Å². The highest BCUT2D eigenvalue weighted by Crippen LogP contribution is 2.33. The van der Waals surface area contributed by atoms with Crippen molar-refractivity contribution in [2.75, 3.05) is 0 Å². The molecular formula is C35H49ClN4O6. The highest BCUT2D eigenvalue weighted by molar-refractivity contribution is 6.38. The van der Waals surface area contributed by atoms with Gasteiger partial charge in [0.15, 0.2) is 0 Å². The van der Waals surface area contributed by atoms with E-state index in [9.17, 15) is 24.0 Å². The molecule has 4 fully saturated rings. The predicted octanol–water partition coefficient (Wildman–Crippen LogP) is 4.75. The normalized spacial score (nSPS) is 25.6. The van der Waals surface area contributed by atoms with Crippen LogP contribution in [0.4, 0.5) is 4.79 Å². The predicted molar refractivity (Wildman–Crippen MR) is 174 cm³/mol. The molecular weight excluding hydrogens is 608 g/mol. The van der Waals surface area contributed by atoms with E-state index >= 15 is 0 Å². The van der Waals surface area contributed by atoms with Gasteiger partial charge in [-0.15, -0.1) is 0 Å². The smallest absolute Gasteiger partial charge is 0.408 e. The van der Waals surface area contributed by atoms with E-state index in [1.54, 1.807) is 0 Å². The SMILES string of the molecule is CC1(C)CC(C[C@H](NC(=O)[C@H](CC2CCCCC2)NC(=O)OC2CCCC2Cc2cccc(Cl)c2)C(=O)C(=O)NC2CC2)C(=O)N1. The van der Waals surface area contributed by atoms with E-state index in [-0.39, 0.29) is 36.3 Å². The highest BCUT2D eigenvalue weighted by atomic mass is 35.5. The van der Waals surface area contributed by atoms with Crippen LogP contribution in [0.3, 0.4) is 0 Å². The monoisotopic (exact) mass is 656 g/mol. The van der Waals surface area contributed by atoms with E-state index in [2.05, 4.69) is 21.3 Å². The number of rotatable bonds is 13. The molecule has 1 aliphatic heterocycles. The zero-order chi connectivity index (χ0) is 32.8. The Labute approximate surface area is 276 Å². The molecule has 4 aliphatic rings. The third-order valence-corrected chi connectivity index (χ3v) is 10.3. The Morgan fingerprint density at radius 1 is 0.957 bits per heavy atom. The largest absolute Gasteiger partial charge is 0.446 e. The molecule has 5 rings (SSSR count). The molecule has 4 N–H and O–H groups in total. The fourth-order valence-electron chi connectivity index (χ4n) is 7.48. The minimum atomic E-state index is -1.19. The highest BCUT2D eigenvalue weighted by Gasteiger charge is 2.42. The van der Waals surface area contributed by atoms with Gasteiger partial charge in [0.05, 0.1) is 6.04 Å². The summed E-state index contributed by atoms with van der Waals surface area (Å²) in [4.78, 5) is 66.2. The fraction of sp³-hybridized carbons (Fsp3) is 0.686. The Kier molecular flexibility index (Phi) is 11.3. The summed E-state index contributed by atoms with van der Waals surface area (Å²) in [6.07, 6.45) is 10.1. The van der Waals surface area contributed by atoms with Crippen molar-refractivity contribution in [3.8, 4) is 0 Å². The fourth-order valence-corrected chi connectivity index (χ4v) is 7.69. The third-order valence-electron chi connectivity index (χ3n) is 10.0. The zero-order valence-corrected chi connectivity index (χ0v) is 27.8. The molecule has 1 heterocycles. The lowest BCUT2D eigenvalue weighted by Crippen LogP contribution is -2.55. The summed E-state index contributed by atoms with van der Waals surface area (Å²) in [5.74, 6) is -2.43. The number of carbonyl (C=O) groups is 5. The minimum absolute atomic E-state index is 0.00573. The summed E-state index contributed by atoms with van der Waals surface area (Å²) in [5.41, 5.74) is 0.638. The first-order valence-electron chi connectivity index (χ1n) is 17.1. The lowest BCUT2D eigenvalue weighted by Gasteiger charge is -2.29. The Morgan fingerprint density at radius 2 is 1.72 bits per heavy atom. The van der Waals surface area contributed by atoms with Crippen LogP contribution in [0.1, 0.15) is 103 Å². The van der Waals surface area contributed by atoms with Crippen molar-refractivity contribution in [1.29, 1.82) is 0 Å². The maximum absolute atomic E-state index is 13.9. The Morgan fingerprint density at radius 3 is 2.39 bits per heavy atom. The molecule has 252 valence electrons. The number of nitrogens with one attached hydrogen (secondary N) is 4. The quantitative estimate of drug-likeness (QED) is 0.226. The molecule has 1 aromatic rings. The van der Waals surface area contributed by atoms with Crippen LogP contribution >= 0.6 is 11.6 Å². The van der Waals surface area contributed by atoms with E-state index in [0.29, 0.717) is 17.9 Å². The molecule has 0 bridgehead atoms. The number of alkyl carbamates (subject to hydrolysis) is 1. The summed E-state index contributed by atoms with van der Waals surface area (Å²) in [6.45, 7) is 3.81. The zero-order valence-electron chi connectivity index (χ0n) is 27.1. The summed E-state index contributed by atoms with van der Waals surface area (Å²) in [7, 11) is 0. The van der Waals surface area contributed by atoms with Gasteiger partial charge in [0, 0.05) is 28.4 Å². The molecule has 0 radical (unpaired) electrons. The first-order valence-corrected chi connectivity index (χ1v) is 17.5. The number of carbonyl (C=O) groups excluding carboxylic acids is 5. The van der Waals surface area contributed by atoms with Crippen LogP contribution in [0.15, 0.2) is 24.3 Å². The van der Waals surface area contributed by atoms with Crippen molar-refractivity contribution in [1.82, 2.24) is 21.3 Å². The van der Waals surface area contributed by atoms with Crippen LogP contribution in [0.5, 0.6) is 0 Å². The van der Waals surface area contributed by atoms with E-state index in [1.807, 2.05) is 38.1 Å². The molecule has 46 heavy (non-hydrogen) atoms. The number of amides is 4. The molecule has 11 heteroatoms. The maximum atomic E-state index is 13.9. The van der Waals surface area contributed by atoms with Gasteiger partial charge in [-0.2, -0.15) is 0 Å². The van der Waals surface area contributed by atoms with Gasteiger partial charge in [0.25, 0.3) is 5.91 Å².